The van der Waals surface area contributed by atoms with Crippen LogP contribution in [0, 0.1) is 0 Å². The molecule has 1 aromatic heterocycles. The number of aromatic nitrogens is 2. The monoisotopic (exact) mass is 521 g/mol. The van der Waals surface area contributed by atoms with E-state index in [0.717, 1.165) is 15.6 Å². The third kappa shape index (κ3) is 7.53. The number of benzene rings is 2. The second-order valence-electron chi connectivity index (χ2n) is 6.04. The highest BCUT2D eigenvalue weighted by molar-refractivity contribution is 9.10. The molecule has 31 heavy (non-hydrogen) atoms. The van der Waals surface area contributed by atoms with Crippen molar-refractivity contribution in [2.45, 2.75) is 17.9 Å². The molecule has 0 fully saturated rings. The van der Waals surface area contributed by atoms with Crippen LogP contribution in [0.5, 0.6) is 11.5 Å². The molecule has 0 aliphatic carbocycles. The van der Waals surface area contributed by atoms with Crippen molar-refractivity contribution in [3.05, 3.63) is 58.1 Å². The number of nitrogen functional groups attached to an aromatic ring is 1. The minimum Gasteiger partial charge on any atom is -0.490 e. The Morgan fingerprint density at radius 2 is 2.03 bits per heavy atom. The quantitative estimate of drug-likeness (QED) is 0.234. The molecular weight excluding hydrogens is 502 g/mol. The van der Waals surface area contributed by atoms with Gasteiger partial charge in [0.1, 0.15) is 6.61 Å². The van der Waals surface area contributed by atoms with Gasteiger partial charge in [-0.25, -0.2) is 5.43 Å². The zero-order valence-electron chi connectivity index (χ0n) is 16.6. The zero-order valence-corrected chi connectivity index (χ0v) is 19.8. The highest BCUT2D eigenvalue weighted by Crippen LogP contribution is 2.29. The number of hydrogen-bond acceptors (Lipinski definition) is 9. The largest absolute Gasteiger partial charge is 0.490 e. The molecule has 162 valence electrons. The summed E-state index contributed by atoms with van der Waals surface area (Å²) in [7, 11) is 0. The maximum atomic E-state index is 11.9. The standard InChI is InChI=1S/C20H20BrN5O3S2/c1-2-28-17-9-14(5-8-16(17)29-11-13-3-6-15(21)7-4-13)10-23-24-18(27)12-30-20-26-25-19(22)31-20/h3-10H,2,11-12H2,1H3,(H2,22,25)(H,24,27). The van der Waals surface area contributed by atoms with Crippen molar-refractivity contribution in [3.63, 3.8) is 0 Å². The molecule has 0 saturated heterocycles. The van der Waals surface area contributed by atoms with Gasteiger partial charge in [-0.3, -0.25) is 4.79 Å². The van der Waals surface area contributed by atoms with Crippen LogP contribution in [-0.4, -0.2) is 34.7 Å². The van der Waals surface area contributed by atoms with Crippen molar-refractivity contribution in [2.75, 3.05) is 18.1 Å². The van der Waals surface area contributed by atoms with Crippen LogP contribution in [0.15, 0.2) is 56.4 Å². The molecule has 3 rings (SSSR count). The fraction of sp³-hybridized carbons (Fsp3) is 0.200. The van der Waals surface area contributed by atoms with Crippen molar-refractivity contribution in [1.82, 2.24) is 15.6 Å². The normalized spacial score (nSPS) is 10.9. The van der Waals surface area contributed by atoms with Gasteiger partial charge in [0.05, 0.1) is 18.6 Å². The van der Waals surface area contributed by atoms with Crippen LogP contribution in [-0.2, 0) is 11.4 Å². The molecule has 0 aliphatic rings. The van der Waals surface area contributed by atoms with Crippen LogP contribution in [0.1, 0.15) is 18.1 Å². The number of rotatable bonds is 10. The molecule has 2 aromatic carbocycles. The van der Waals surface area contributed by atoms with Crippen molar-refractivity contribution < 1.29 is 14.3 Å². The van der Waals surface area contributed by atoms with E-state index in [4.69, 9.17) is 15.2 Å². The third-order valence-electron chi connectivity index (χ3n) is 3.73. The molecule has 8 nitrogen and oxygen atoms in total. The van der Waals surface area contributed by atoms with Gasteiger partial charge >= 0.3 is 0 Å². The van der Waals surface area contributed by atoms with Crippen molar-refractivity contribution in [1.29, 1.82) is 0 Å². The summed E-state index contributed by atoms with van der Waals surface area (Å²) in [5, 5.41) is 11.9. The van der Waals surface area contributed by atoms with Crippen molar-refractivity contribution in [3.8, 4) is 11.5 Å². The first kappa shape index (κ1) is 23.0. The lowest BCUT2D eigenvalue weighted by atomic mass is 10.2. The number of ether oxygens (including phenoxy) is 2. The first-order valence-electron chi connectivity index (χ1n) is 9.21. The Bertz CT molecular complexity index is 1040. The second-order valence-corrected chi connectivity index (χ2v) is 9.19. The average molecular weight is 522 g/mol. The predicted octanol–water partition coefficient (Wildman–Crippen LogP) is 4.10. The van der Waals surface area contributed by atoms with Gasteiger partial charge in [-0.15, -0.1) is 10.2 Å². The molecule has 0 radical (unpaired) electrons. The molecule has 3 N–H and O–H groups in total. The number of anilines is 1. The smallest absolute Gasteiger partial charge is 0.250 e. The van der Waals surface area contributed by atoms with E-state index in [9.17, 15) is 4.79 Å². The Morgan fingerprint density at radius 3 is 2.74 bits per heavy atom. The van der Waals surface area contributed by atoms with Crippen LogP contribution in [0.25, 0.3) is 0 Å². The third-order valence-corrected chi connectivity index (χ3v) is 6.14. The number of halogens is 1. The van der Waals surface area contributed by atoms with Gasteiger partial charge < -0.3 is 15.2 Å². The lowest BCUT2D eigenvalue weighted by molar-refractivity contribution is -0.118. The summed E-state index contributed by atoms with van der Waals surface area (Å²) in [6, 6.07) is 13.4. The van der Waals surface area contributed by atoms with Gasteiger partial charge in [-0.2, -0.15) is 5.10 Å². The number of carbonyl (C=O) groups is 1. The van der Waals surface area contributed by atoms with Gasteiger partial charge in [0.15, 0.2) is 15.8 Å². The average Bonchev–Trinajstić information content (AvgIpc) is 3.18. The second kappa shape index (κ2) is 11.7. The molecule has 0 spiro atoms. The van der Waals surface area contributed by atoms with Crippen LogP contribution in [0.2, 0.25) is 0 Å². The number of nitrogens with zero attached hydrogens (tertiary/aromatic N) is 3. The first-order valence-corrected chi connectivity index (χ1v) is 11.8. The first-order chi connectivity index (χ1) is 15.0. The SMILES string of the molecule is CCOc1cc(C=NNC(=O)CSc2nnc(N)s2)ccc1OCc1ccc(Br)cc1. The summed E-state index contributed by atoms with van der Waals surface area (Å²) < 4.78 is 13.3. The number of thioether (sulfide) groups is 1. The van der Waals surface area contributed by atoms with E-state index in [2.05, 4.69) is 36.7 Å². The molecule has 3 aromatic rings. The number of nitrogens with two attached hydrogens (primary N) is 1. The van der Waals surface area contributed by atoms with Gasteiger partial charge in [0.2, 0.25) is 5.13 Å². The van der Waals surface area contributed by atoms with Gasteiger partial charge in [0.25, 0.3) is 5.91 Å². The zero-order chi connectivity index (χ0) is 22.1. The van der Waals surface area contributed by atoms with E-state index >= 15 is 0 Å². The molecule has 1 amide bonds. The van der Waals surface area contributed by atoms with Gasteiger partial charge in [0, 0.05) is 4.47 Å². The highest BCUT2D eigenvalue weighted by Gasteiger charge is 2.08. The molecular formula is C20H20BrN5O3S2. The number of hydrazone groups is 1. The lowest BCUT2D eigenvalue weighted by Crippen LogP contribution is -2.19. The molecule has 11 heteroatoms. The molecule has 0 saturated carbocycles. The summed E-state index contributed by atoms with van der Waals surface area (Å²) in [6.45, 7) is 2.83. The molecule has 0 aliphatic heterocycles. The Labute approximate surface area is 196 Å². The molecule has 1 heterocycles. The van der Waals surface area contributed by atoms with E-state index in [0.29, 0.717) is 34.2 Å². The lowest BCUT2D eigenvalue weighted by Gasteiger charge is -2.12. The van der Waals surface area contributed by atoms with Crippen molar-refractivity contribution in [2.24, 2.45) is 5.10 Å². The van der Waals surface area contributed by atoms with E-state index in [-0.39, 0.29) is 11.7 Å². The maximum absolute atomic E-state index is 11.9. The van der Waals surface area contributed by atoms with Gasteiger partial charge in [-0.05, 0) is 48.4 Å². The van der Waals surface area contributed by atoms with Gasteiger partial charge in [-0.1, -0.05) is 51.2 Å². The van der Waals surface area contributed by atoms with E-state index in [1.54, 1.807) is 6.21 Å². The number of carbonyl (C=O) groups excluding carboxylic acids is 1. The van der Waals surface area contributed by atoms with Crippen molar-refractivity contribution >= 4 is 56.3 Å². The fourth-order valence-corrected chi connectivity index (χ4v) is 4.04. The van der Waals surface area contributed by atoms with Crippen LogP contribution >= 0.6 is 39.0 Å². The Kier molecular flexibility index (Phi) is 8.68. The predicted molar refractivity (Wildman–Crippen MR) is 127 cm³/mol. The fourth-order valence-electron chi connectivity index (χ4n) is 2.35. The van der Waals surface area contributed by atoms with Crippen LogP contribution in [0.3, 0.4) is 0 Å². The summed E-state index contributed by atoms with van der Waals surface area (Å²) in [5.41, 5.74) is 9.82. The van der Waals surface area contributed by atoms with E-state index in [1.807, 2.05) is 49.4 Å². The Balaban J connectivity index is 1.54. The maximum Gasteiger partial charge on any atom is 0.250 e. The molecule has 0 bridgehead atoms. The summed E-state index contributed by atoms with van der Waals surface area (Å²) >= 11 is 5.91. The summed E-state index contributed by atoms with van der Waals surface area (Å²) in [4.78, 5) is 11.9. The summed E-state index contributed by atoms with van der Waals surface area (Å²) in [5.74, 6) is 1.16. The number of hydrogen-bond donors (Lipinski definition) is 2. The Hall–Kier alpha value is -2.63. The molecule has 0 atom stereocenters. The minimum absolute atomic E-state index is 0.166. The molecule has 0 unspecified atom stereocenters. The summed E-state index contributed by atoms with van der Waals surface area (Å²) in [6.07, 6.45) is 1.55. The number of amides is 1. The minimum atomic E-state index is -0.255. The number of nitrogens with one attached hydrogen (secondary N) is 1. The van der Waals surface area contributed by atoms with Crippen LogP contribution in [0.4, 0.5) is 5.13 Å². The highest BCUT2D eigenvalue weighted by atomic mass is 79.9. The van der Waals surface area contributed by atoms with Crippen LogP contribution < -0.4 is 20.6 Å². The van der Waals surface area contributed by atoms with E-state index < -0.39 is 0 Å². The topological polar surface area (TPSA) is 112 Å². The Morgan fingerprint density at radius 1 is 1.23 bits per heavy atom. The van der Waals surface area contributed by atoms with E-state index in [1.165, 1.54) is 23.1 Å².